The fourth-order valence-corrected chi connectivity index (χ4v) is 1.76. The topological polar surface area (TPSA) is 20.2 Å². The first-order valence-electron chi connectivity index (χ1n) is 4.25. The predicted molar refractivity (Wildman–Crippen MR) is 51.9 cm³/mol. The van der Waals surface area contributed by atoms with Gasteiger partial charge in [0.15, 0.2) is 0 Å². The van der Waals surface area contributed by atoms with Crippen molar-refractivity contribution < 1.29 is 5.02 Å². The van der Waals surface area contributed by atoms with E-state index >= 15 is 0 Å². The van der Waals surface area contributed by atoms with Crippen molar-refractivity contribution in [2.45, 2.75) is 0 Å². The molecule has 2 rings (SSSR count). The second-order valence-electron chi connectivity index (χ2n) is 3.16. The lowest BCUT2D eigenvalue weighted by atomic mass is 9.69. The molecule has 0 saturated carbocycles. The molecule has 0 radical (unpaired) electrons. The zero-order valence-corrected chi connectivity index (χ0v) is 6.85. The molecule has 12 heavy (non-hydrogen) atoms. The summed E-state index contributed by atoms with van der Waals surface area (Å²) in [5.41, 5.74) is 1.11. The van der Waals surface area contributed by atoms with Crippen LogP contribution in [0.3, 0.4) is 0 Å². The molecule has 0 aliphatic heterocycles. The van der Waals surface area contributed by atoms with Crippen LogP contribution >= 0.6 is 0 Å². The van der Waals surface area contributed by atoms with Gasteiger partial charge in [-0.25, -0.2) is 0 Å². The van der Waals surface area contributed by atoms with E-state index in [1.807, 2.05) is 18.2 Å². The van der Waals surface area contributed by atoms with Crippen LogP contribution in [-0.2, 0) is 0 Å². The van der Waals surface area contributed by atoms with Gasteiger partial charge in [0.05, 0.1) is 0 Å². The minimum atomic E-state index is 0.170. The van der Waals surface area contributed by atoms with Gasteiger partial charge >= 0.3 is 7.48 Å². The first-order valence-corrected chi connectivity index (χ1v) is 4.25. The number of hydrogen-bond donors (Lipinski definition) is 1. The summed E-state index contributed by atoms with van der Waals surface area (Å²) in [5.74, 6) is 0.854. The normalized spacial score (nSPS) is 31.2. The second kappa shape index (κ2) is 3.15. The quantitative estimate of drug-likeness (QED) is 0.567. The predicted octanol–water partition coefficient (Wildman–Crippen LogP) is 1.14. The molecule has 0 heterocycles. The number of fused-ring (bicyclic) bond motifs is 1. The third-order valence-corrected chi connectivity index (χ3v) is 2.43. The molecule has 0 bridgehead atoms. The van der Waals surface area contributed by atoms with Crippen LogP contribution in [0.4, 0.5) is 0 Å². The zero-order chi connectivity index (χ0) is 8.39. The molecule has 0 aromatic rings. The van der Waals surface area contributed by atoms with Gasteiger partial charge < -0.3 is 5.02 Å². The first-order chi connectivity index (χ1) is 5.92. The van der Waals surface area contributed by atoms with Crippen molar-refractivity contribution in [2.75, 3.05) is 0 Å². The maximum Gasteiger partial charge on any atom is 0.301 e. The number of hydrogen-bond acceptors (Lipinski definition) is 1. The largest absolute Gasteiger partial charge is 0.449 e. The highest BCUT2D eigenvalue weighted by molar-refractivity contribution is 6.36. The van der Waals surface area contributed by atoms with Crippen LogP contribution in [0.1, 0.15) is 0 Å². The molecule has 1 N–H and O–H groups in total. The Bertz CT molecular complexity index is 286. The standard InChI is InChI=1S/C10H11BO/c12-11-10-7-3-5-8-4-1-2-6-9(8)10/h1-9,11-12H. The number of allylic oxidation sites excluding steroid dienone is 8. The van der Waals surface area contributed by atoms with Crippen LogP contribution in [0.25, 0.3) is 0 Å². The summed E-state index contributed by atoms with van der Waals surface area (Å²) in [6, 6.07) is 0. The SMILES string of the molecule is OBC1=CC=CC2C=CC=CC12. The molecule has 60 valence electrons. The molecule has 2 aliphatic rings. The zero-order valence-electron chi connectivity index (χ0n) is 6.85. The Balaban J connectivity index is 2.28. The van der Waals surface area contributed by atoms with Crippen LogP contribution in [0, 0.1) is 11.8 Å². The van der Waals surface area contributed by atoms with Crippen LogP contribution in [0.5, 0.6) is 0 Å². The van der Waals surface area contributed by atoms with Crippen molar-refractivity contribution >= 4 is 7.48 Å². The van der Waals surface area contributed by atoms with E-state index in [0.29, 0.717) is 11.8 Å². The van der Waals surface area contributed by atoms with E-state index < -0.39 is 0 Å². The molecule has 0 amide bonds. The van der Waals surface area contributed by atoms with Crippen LogP contribution in [0.2, 0.25) is 0 Å². The average molecular weight is 158 g/mol. The summed E-state index contributed by atoms with van der Waals surface area (Å²) in [6.45, 7) is 0. The first kappa shape index (κ1) is 7.62. The Kier molecular flexibility index (Phi) is 2.00. The summed E-state index contributed by atoms with van der Waals surface area (Å²) in [4.78, 5) is 0. The van der Waals surface area contributed by atoms with Gasteiger partial charge in [-0.15, -0.1) is 0 Å². The summed E-state index contributed by atoms with van der Waals surface area (Å²) in [7, 11) is 0.170. The highest BCUT2D eigenvalue weighted by atomic mass is 16.2. The highest BCUT2D eigenvalue weighted by Gasteiger charge is 2.21. The molecule has 2 atom stereocenters. The summed E-state index contributed by atoms with van der Waals surface area (Å²) >= 11 is 0. The molecule has 0 aromatic heterocycles. The third-order valence-electron chi connectivity index (χ3n) is 2.43. The van der Waals surface area contributed by atoms with Crippen molar-refractivity contribution in [3.05, 3.63) is 48.0 Å². The Morgan fingerprint density at radius 2 is 1.83 bits per heavy atom. The Labute approximate surface area is 73.1 Å². The summed E-state index contributed by atoms with van der Waals surface area (Å²) in [5, 5.41) is 9.07. The van der Waals surface area contributed by atoms with Crippen LogP contribution < -0.4 is 0 Å². The van der Waals surface area contributed by atoms with Crippen molar-refractivity contribution in [1.82, 2.24) is 0 Å². The van der Waals surface area contributed by atoms with Crippen molar-refractivity contribution in [1.29, 1.82) is 0 Å². The molecule has 2 heteroatoms. The lowest BCUT2D eigenvalue weighted by Crippen LogP contribution is -2.19. The average Bonchev–Trinajstić information content (AvgIpc) is 2.17. The fourth-order valence-electron chi connectivity index (χ4n) is 1.76. The monoisotopic (exact) mass is 158 g/mol. The van der Waals surface area contributed by atoms with E-state index in [1.54, 1.807) is 0 Å². The molecular formula is C10H11BO. The molecule has 0 fully saturated rings. The van der Waals surface area contributed by atoms with E-state index in [9.17, 15) is 0 Å². The van der Waals surface area contributed by atoms with Crippen LogP contribution in [-0.4, -0.2) is 12.5 Å². The minimum absolute atomic E-state index is 0.170. The maximum absolute atomic E-state index is 9.07. The van der Waals surface area contributed by atoms with Crippen molar-refractivity contribution in [2.24, 2.45) is 11.8 Å². The van der Waals surface area contributed by atoms with Gasteiger partial charge in [0.1, 0.15) is 0 Å². The van der Waals surface area contributed by atoms with Gasteiger partial charge in [-0.1, -0.05) is 48.0 Å². The van der Waals surface area contributed by atoms with Gasteiger partial charge in [0.25, 0.3) is 0 Å². The van der Waals surface area contributed by atoms with Crippen molar-refractivity contribution in [3.8, 4) is 0 Å². The Hall–Kier alpha value is -1.02. The summed E-state index contributed by atoms with van der Waals surface area (Å²) in [6.07, 6.45) is 14.6. The van der Waals surface area contributed by atoms with Gasteiger partial charge in [0.2, 0.25) is 0 Å². The van der Waals surface area contributed by atoms with E-state index in [4.69, 9.17) is 5.02 Å². The molecule has 2 unspecified atom stereocenters. The molecule has 2 aliphatic carbocycles. The van der Waals surface area contributed by atoms with Crippen molar-refractivity contribution in [3.63, 3.8) is 0 Å². The van der Waals surface area contributed by atoms with Gasteiger partial charge in [-0.3, -0.25) is 0 Å². The number of rotatable bonds is 1. The molecule has 0 saturated heterocycles. The van der Waals surface area contributed by atoms with E-state index in [-0.39, 0.29) is 7.48 Å². The minimum Gasteiger partial charge on any atom is -0.449 e. The fraction of sp³-hybridized carbons (Fsp3) is 0.200. The second-order valence-corrected chi connectivity index (χ2v) is 3.16. The third kappa shape index (κ3) is 1.19. The molecule has 0 aromatic carbocycles. The van der Waals surface area contributed by atoms with Gasteiger partial charge in [-0.05, 0) is 0 Å². The Morgan fingerprint density at radius 1 is 1.08 bits per heavy atom. The maximum atomic E-state index is 9.07. The van der Waals surface area contributed by atoms with Gasteiger partial charge in [0, 0.05) is 11.8 Å². The van der Waals surface area contributed by atoms with E-state index in [0.717, 1.165) is 5.47 Å². The van der Waals surface area contributed by atoms with Crippen LogP contribution in [0.15, 0.2) is 48.0 Å². The van der Waals surface area contributed by atoms with Gasteiger partial charge in [-0.2, -0.15) is 0 Å². The highest BCUT2D eigenvalue weighted by Crippen LogP contribution is 2.29. The molecule has 1 nitrogen and oxygen atoms in total. The molecular weight excluding hydrogens is 147 g/mol. The van der Waals surface area contributed by atoms with E-state index in [1.165, 1.54) is 0 Å². The van der Waals surface area contributed by atoms with E-state index in [2.05, 4.69) is 24.3 Å². The lowest BCUT2D eigenvalue weighted by Gasteiger charge is -2.25. The smallest absolute Gasteiger partial charge is 0.301 e. The summed E-state index contributed by atoms with van der Waals surface area (Å²) < 4.78 is 0. The molecule has 0 spiro atoms. The lowest BCUT2D eigenvalue weighted by molar-refractivity contribution is 0.581. The Morgan fingerprint density at radius 3 is 2.67 bits per heavy atom.